The number of nitrogens with one attached hydrogen (secondary N) is 1. The fourth-order valence-corrected chi connectivity index (χ4v) is 2.01. The number of nitro groups is 1. The molecule has 2 rings (SSSR count). The Balaban J connectivity index is 2.33. The summed E-state index contributed by atoms with van der Waals surface area (Å²) in [7, 11) is 1.33. The number of carbonyl (C=O) groups is 1. The number of anilines is 1. The zero-order valence-electron chi connectivity index (χ0n) is 11.8. The van der Waals surface area contributed by atoms with Gasteiger partial charge in [-0.15, -0.1) is 0 Å². The fraction of sp³-hybridized carbons (Fsp3) is 0.286. The Labute approximate surface area is 121 Å². The van der Waals surface area contributed by atoms with Crippen LogP contribution >= 0.6 is 0 Å². The molecule has 1 N–H and O–H groups in total. The maximum atomic E-state index is 11.1. The monoisotopic (exact) mass is 289 g/mol. The van der Waals surface area contributed by atoms with Crippen molar-refractivity contribution in [3.05, 3.63) is 40.1 Å². The highest BCUT2D eigenvalue weighted by atomic mass is 16.6. The molecule has 7 heteroatoms. The van der Waals surface area contributed by atoms with Crippen LogP contribution in [0.4, 0.5) is 11.4 Å². The molecule has 0 saturated heterocycles. The van der Waals surface area contributed by atoms with Crippen LogP contribution in [-0.2, 0) is 9.53 Å². The van der Waals surface area contributed by atoms with Crippen LogP contribution in [0.2, 0.25) is 0 Å². The number of methoxy groups -OCH3 is 1. The number of aryl methyl sites for hydroxylation is 1. The highest BCUT2D eigenvalue weighted by Crippen LogP contribution is 2.27. The van der Waals surface area contributed by atoms with Gasteiger partial charge in [0.1, 0.15) is 0 Å². The first-order valence-electron chi connectivity index (χ1n) is 6.37. The number of non-ortho nitro benzene ring substituents is 1. The largest absolute Gasteiger partial charge is 0.469 e. The van der Waals surface area contributed by atoms with Crippen LogP contribution in [0.25, 0.3) is 10.9 Å². The summed E-state index contributed by atoms with van der Waals surface area (Å²) in [5.74, 6) is -0.316. The van der Waals surface area contributed by atoms with Gasteiger partial charge in [0.15, 0.2) is 0 Å². The van der Waals surface area contributed by atoms with Crippen LogP contribution < -0.4 is 5.32 Å². The molecule has 1 heterocycles. The number of hydrogen-bond donors (Lipinski definition) is 1. The molecule has 0 spiro atoms. The van der Waals surface area contributed by atoms with Crippen LogP contribution in [0.15, 0.2) is 24.3 Å². The first kappa shape index (κ1) is 14.7. The van der Waals surface area contributed by atoms with E-state index in [4.69, 9.17) is 0 Å². The van der Waals surface area contributed by atoms with Crippen LogP contribution in [0.5, 0.6) is 0 Å². The number of carbonyl (C=O) groups excluding carboxylic acids is 1. The van der Waals surface area contributed by atoms with E-state index >= 15 is 0 Å². The van der Waals surface area contributed by atoms with Gasteiger partial charge in [-0.2, -0.15) is 0 Å². The van der Waals surface area contributed by atoms with Gasteiger partial charge in [0, 0.05) is 35.4 Å². The van der Waals surface area contributed by atoms with Crippen molar-refractivity contribution in [1.29, 1.82) is 0 Å². The lowest BCUT2D eigenvalue weighted by Gasteiger charge is -2.10. The number of rotatable bonds is 5. The molecule has 0 fully saturated rings. The number of esters is 1. The summed E-state index contributed by atoms with van der Waals surface area (Å²) in [5, 5.41) is 14.6. The van der Waals surface area contributed by atoms with Crippen molar-refractivity contribution >= 4 is 28.2 Å². The Morgan fingerprint density at radius 2 is 2.19 bits per heavy atom. The molecule has 21 heavy (non-hydrogen) atoms. The van der Waals surface area contributed by atoms with E-state index in [1.54, 1.807) is 12.1 Å². The van der Waals surface area contributed by atoms with Crippen LogP contribution in [0.3, 0.4) is 0 Å². The summed E-state index contributed by atoms with van der Waals surface area (Å²) in [6.45, 7) is 2.22. The number of nitrogens with zero attached hydrogens (tertiary/aromatic N) is 2. The van der Waals surface area contributed by atoms with E-state index in [1.165, 1.54) is 19.2 Å². The molecule has 0 aliphatic rings. The van der Waals surface area contributed by atoms with Gasteiger partial charge in [-0.3, -0.25) is 19.9 Å². The maximum Gasteiger partial charge on any atom is 0.307 e. The van der Waals surface area contributed by atoms with Crippen molar-refractivity contribution in [3.63, 3.8) is 0 Å². The summed E-state index contributed by atoms with van der Waals surface area (Å²) in [6.07, 6.45) is 0.217. The molecule has 0 unspecified atom stereocenters. The van der Waals surface area contributed by atoms with Gasteiger partial charge in [-0.1, -0.05) is 0 Å². The molecule has 0 aliphatic heterocycles. The lowest BCUT2D eigenvalue weighted by molar-refractivity contribution is -0.384. The first-order chi connectivity index (χ1) is 10.0. The Kier molecular flexibility index (Phi) is 4.32. The number of hydrogen-bond acceptors (Lipinski definition) is 6. The summed E-state index contributed by atoms with van der Waals surface area (Å²) < 4.78 is 4.57. The fourth-order valence-electron chi connectivity index (χ4n) is 2.01. The number of aromatic nitrogens is 1. The average Bonchev–Trinajstić information content (AvgIpc) is 2.46. The third-order valence-corrected chi connectivity index (χ3v) is 3.00. The quantitative estimate of drug-likeness (QED) is 0.516. The first-order valence-corrected chi connectivity index (χ1v) is 6.37. The normalized spacial score (nSPS) is 10.4. The van der Waals surface area contributed by atoms with Gasteiger partial charge < -0.3 is 10.1 Å². The van der Waals surface area contributed by atoms with Gasteiger partial charge in [0.25, 0.3) is 5.69 Å². The van der Waals surface area contributed by atoms with E-state index in [0.29, 0.717) is 23.1 Å². The predicted octanol–water partition coefficient (Wildman–Crippen LogP) is 2.43. The van der Waals surface area contributed by atoms with Crippen molar-refractivity contribution in [1.82, 2.24) is 4.98 Å². The predicted molar refractivity (Wildman–Crippen MR) is 78.3 cm³/mol. The Morgan fingerprint density at radius 1 is 1.43 bits per heavy atom. The van der Waals surface area contributed by atoms with E-state index in [-0.39, 0.29) is 18.1 Å². The molecule has 0 saturated carbocycles. The standard InChI is InChI=1S/C14H15N3O4/c1-9-7-13(15-6-5-14(18)21-2)11-8-10(17(19)20)3-4-12(11)16-9/h3-4,7-8H,5-6H2,1-2H3,(H,15,16). The second-order valence-electron chi connectivity index (χ2n) is 4.52. The number of fused-ring (bicyclic) bond motifs is 1. The lowest BCUT2D eigenvalue weighted by atomic mass is 10.1. The molecule has 0 amide bonds. The van der Waals surface area contributed by atoms with Gasteiger partial charge in [-0.25, -0.2) is 0 Å². The summed E-state index contributed by atoms with van der Waals surface area (Å²) >= 11 is 0. The van der Waals surface area contributed by atoms with Crippen LogP contribution in [0.1, 0.15) is 12.1 Å². The van der Waals surface area contributed by atoms with E-state index in [2.05, 4.69) is 15.0 Å². The molecule has 0 bridgehead atoms. The second kappa shape index (κ2) is 6.17. The van der Waals surface area contributed by atoms with Gasteiger partial charge in [-0.05, 0) is 19.1 Å². The van der Waals surface area contributed by atoms with E-state index in [0.717, 1.165) is 5.69 Å². The number of pyridine rings is 1. The number of ether oxygens (including phenoxy) is 1. The van der Waals surface area contributed by atoms with E-state index in [9.17, 15) is 14.9 Å². The van der Waals surface area contributed by atoms with Gasteiger partial charge >= 0.3 is 5.97 Å². The Bertz CT molecular complexity index is 700. The molecular weight excluding hydrogens is 274 g/mol. The molecule has 7 nitrogen and oxygen atoms in total. The number of benzene rings is 1. The van der Waals surface area contributed by atoms with Gasteiger partial charge in [0.2, 0.25) is 0 Å². The van der Waals surface area contributed by atoms with Crippen molar-refractivity contribution < 1.29 is 14.5 Å². The zero-order chi connectivity index (χ0) is 15.4. The molecule has 0 aliphatic carbocycles. The minimum absolute atomic E-state index is 0.00386. The smallest absolute Gasteiger partial charge is 0.307 e. The maximum absolute atomic E-state index is 11.1. The van der Waals surface area contributed by atoms with Gasteiger partial charge in [0.05, 0.1) is 24.0 Å². The average molecular weight is 289 g/mol. The SMILES string of the molecule is COC(=O)CCNc1cc(C)nc2ccc([N+](=O)[O-])cc12. The van der Waals surface area contributed by atoms with Crippen molar-refractivity contribution in [2.75, 3.05) is 19.0 Å². The molecular formula is C14H15N3O4. The molecule has 0 atom stereocenters. The van der Waals surface area contributed by atoms with Crippen molar-refractivity contribution in [2.24, 2.45) is 0 Å². The minimum Gasteiger partial charge on any atom is -0.469 e. The highest BCUT2D eigenvalue weighted by Gasteiger charge is 2.11. The molecule has 110 valence electrons. The summed E-state index contributed by atoms with van der Waals surface area (Å²) in [6, 6.07) is 6.31. The van der Waals surface area contributed by atoms with Crippen LogP contribution in [-0.4, -0.2) is 29.5 Å². The third kappa shape index (κ3) is 3.44. The van der Waals surface area contributed by atoms with Crippen molar-refractivity contribution in [3.8, 4) is 0 Å². The topological polar surface area (TPSA) is 94.4 Å². The lowest BCUT2D eigenvalue weighted by Crippen LogP contribution is -2.10. The number of nitro benzene ring substituents is 1. The molecule has 1 aromatic carbocycles. The highest BCUT2D eigenvalue weighted by molar-refractivity contribution is 5.93. The van der Waals surface area contributed by atoms with Crippen molar-refractivity contribution in [2.45, 2.75) is 13.3 Å². The van der Waals surface area contributed by atoms with E-state index in [1.807, 2.05) is 6.92 Å². The molecule has 0 radical (unpaired) electrons. The van der Waals surface area contributed by atoms with Crippen LogP contribution in [0, 0.1) is 17.0 Å². The summed E-state index contributed by atoms with van der Waals surface area (Å²) in [5.41, 5.74) is 2.17. The molecule has 2 aromatic rings. The Hall–Kier alpha value is -2.70. The zero-order valence-corrected chi connectivity index (χ0v) is 11.8. The third-order valence-electron chi connectivity index (χ3n) is 3.00. The Morgan fingerprint density at radius 3 is 2.86 bits per heavy atom. The minimum atomic E-state index is -0.447. The van der Waals surface area contributed by atoms with E-state index < -0.39 is 4.92 Å². The molecule has 1 aromatic heterocycles. The summed E-state index contributed by atoms with van der Waals surface area (Å²) in [4.78, 5) is 25.9. The second-order valence-corrected chi connectivity index (χ2v) is 4.52.